The summed E-state index contributed by atoms with van der Waals surface area (Å²) in [5, 5.41) is 20.4. The molecule has 17 heteroatoms. The Balaban J connectivity index is 1.31. The number of benzene rings is 4. The molecule has 4 amide bonds. The smallest absolute Gasteiger partial charge is 0.408 e. The van der Waals surface area contributed by atoms with Gasteiger partial charge in [0, 0.05) is 5.56 Å². The van der Waals surface area contributed by atoms with Gasteiger partial charge in [-0.15, -0.1) is 0 Å². The highest BCUT2D eigenvalue weighted by atomic mass is 16.5. The molecule has 3 atom stereocenters. The van der Waals surface area contributed by atoms with Crippen LogP contribution < -0.4 is 53.7 Å². The zero-order valence-electron chi connectivity index (χ0n) is 35.6. The molecule has 0 heterocycles. The normalized spacial score (nSPS) is 12.3. The van der Waals surface area contributed by atoms with Crippen LogP contribution in [0, 0.1) is 5.41 Å². The van der Waals surface area contributed by atoms with E-state index in [4.69, 9.17) is 42.6 Å². The third-order valence-corrected chi connectivity index (χ3v) is 10.0. The number of fused-ring (bicyclic) bond motifs is 1. The van der Waals surface area contributed by atoms with E-state index in [0.29, 0.717) is 87.2 Å². The Bertz CT molecular complexity index is 2100. The topological polar surface area (TPSA) is 289 Å². The van der Waals surface area contributed by atoms with E-state index in [1.165, 1.54) is 0 Å². The predicted molar refractivity (Wildman–Crippen MR) is 241 cm³/mol. The van der Waals surface area contributed by atoms with Gasteiger partial charge in [0.05, 0.1) is 12.1 Å². The maximum Gasteiger partial charge on any atom is 0.408 e. The average Bonchev–Trinajstić information content (AvgIpc) is 3.29. The van der Waals surface area contributed by atoms with Crippen molar-refractivity contribution in [2.24, 2.45) is 22.9 Å². The Morgan fingerprint density at radius 1 is 0.587 bits per heavy atom. The lowest BCUT2D eigenvalue weighted by atomic mass is 10.0. The zero-order valence-corrected chi connectivity index (χ0v) is 35.6. The van der Waals surface area contributed by atoms with Crippen molar-refractivity contribution in [3.8, 4) is 11.5 Å². The fraction of sp³-hybridized carbons (Fsp3) is 0.391. The van der Waals surface area contributed by atoms with Crippen LogP contribution in [0.3, 0.4) is 0 Å². The molecule has 0 unspecified atom stereocenters. The van der Waals surface area contributed by atoms with Crippen molar-refractivity contribution < 1.29 is 38.2 Å². The third kappa shape index (κ3) is 17.0. The quantitative estimate of drug-likeness (QED) is 0.0137. The van der Waals surface area contributed by atoms with Crippen molar-refractivity contribution in [2.75, 3.05) is 32.8 Å². The van der Waals surface area contributed by atoms with E-state index in [1.807, 2.05) is 30.3 Å². The maximum absolute atomic E-state index is 13.8. The molecule has 0 aromatic heterocycles. The van der Waals surface area contributed by atoms with E-state index in [2.05, 4.69) is 21.3 Å². The molecule has 63 heavy (non-hydrogen) atoms. The Morgan fingerprint density at radius 2 is 1.11 bits per heavy atom. The molecule has 17 nitrogen and oxygen atoms in total. The van der Waals surface area contributed by atoms with Gasteiger partial charge in [-0.2, -0.15) is 0 Å². The van der Waals surface area contributed by atoms with Crippen LogP contribution in [-0.2, 0) is 25.7 Å². The molecule has 4 aromatic rings. The van der Waals surface area contributed by atoms with Crippen molar-refractivity contribution in [3.05, 3.63) is 108 Å². The summed E-state index contributed by atoms with van der Waals surface area (Å²) in [5.41, 5.74) is 24.4. The number of nitrogens with one attached hydrogen (secondary N) is 5. The van der Waals surface area contributed by atoms with Gasteiger partial charge in [-0.1, -0.05) is 48.5 Å². The molecule has 4 rings (SSSR count). The summed E-state index contributed by atoms with van der Waals surface area (Å²) in [5.74, 6) is -1.35. The summed E-state index contributed by atoms with van der Waals surface area (Å²) < 4.78 is 16.7. The summed E-state index contributed by atoms with van der Waals surface area (Å²) in [4.78, 5) is 66.5. The van der Waals surface area contributed by atoms with Crippen LogP contribution in [0.2, 0.25) is 0 Å². The van der Waals surface area contributed by atoms with Gasteiger partial charge in [-0.05, 0) is 136 Å². The molecule has 13 N–H and O–H groups in total. The molecule has 0 aliphatic heterocycles. The van der Waals surface area contributed by atoms with Crippen LogP contribution in [0.4, 0.5) is 4.79 Å². The number of nitrogens with two attached hydrogens (primary N) is 4. The number of nitrogen functional groups attached to an aromatic ring is 1. The first kappa shape index (κ1) is 49.1. The summed E-state index contributed by atoms with van der Waals surface area (Å²) >= 11 is 0. The van der Waals surface area contributed by atoms with Crippen molar-refractivity contribution in [2.45, 2.75) is 82.5 Å². The molecule has 0 saturated heterocycles. The number of alkyl carbamates (subject to hydrolysis) is 1. The molecule has 0 saturated carbocycles. The average molecular weight is 868 g/mol. The number of carbonyl (C=O) groups is 5. The molecule has 0 aliphatic carbocycles. The number of ether oxygens (including phenoxy) is 3. The van der Waals surface area contributed by atoms with Crippen molar-refractivity contribution in [3.63, 3.8) is 0 Å². The lowest BCUT2D eigenvalue weighted by Crippen LogP contribution is -2.57. The van der Waals surface area contributed by atoms with E-state index < -0.39 is 47.9 Å². The number of amides is 4. The molecule has 0 bridgehead atoms. The van der Waals surface area contributed by atoms with E-state index in [9.17, 15) is 24.0 Å². The first-order valence-corrected chi connectivity index (χ1v) is 21.3. The number of carbonyl (C=O) groups excluding carboxylic acids is 5. The van der Waals surface area contributed by atoms with Gasteiger partial charge in [0.1, 0.15) is 48.7 Å². The standard InChI is InChI=1S/C46H61N9O8/c47-23-7-4-12-38(53-43(57)39(13-5-8-24-48)54-44(58)40(14-6-9-25-49)55-46(60)62-30-31-10-2-1-3-11-31)42(56)52-26-27-61-36-20-17-32(18-21-36)45(59)63-37-22-19-33-28-35(41(50)51)16-15-34(33)29-37/h1-3,10-11,15-22,28-29,38-40H,4-9,12-14,23-27,30,47-49H2,(H3,50,51)(H,52,56)(H,53,57)(H,54,58)(H,55,60)/t38-,39-,40-/m0/s1. The van der Waals surface area contributed by atoms with Gasteiger partial charge < -0.3 is 58.4 Å². The zero-order chi connectivity index (χ0) is 45.4. The lowest BCUT2D eigenvalue weighted by molar-refractivity contribution is -0.133. The first-order valence-electron chi connectivity index (χ1n) is 21.3. The second kappa shape index (κ2) is 26.7. The summed E-state index contributed by atoms with van der Waals surface area (Å²) in [6.07, 6.45) is 3.52. The molecular weight excluding hydrogens is 807 g/mol. The van der Waals surface area contributed by atoms with E-state index in [0.717, 1.165) is 16.3 Å². The Morgan fingerprint density at radius 3 is 1.70 bits per heavy atom. The highest BCUT2D eigenvalue weighted by Gasteiger charge is 2.29. The molecule has 4 aromatic carbocycles. The molecular formula is C46H61N9O8. The summed E-state index contributed by atoms with van der Waals surface area (Å²) in [6, 6.07) is 23.0. The fourth-order valence-corrected chi connectivity index (χ4v) is 6.51. The number of amidine groups is 1. The first-order chi connectivity index (χ1) is 30.5. The number of rotatable bonds is 27. The molecule has 0 aliphatic rings. The van der Waals surface area contributed by atoms with Crippen molar-refractivity contribution in [1.29, 1.82) is 5.41 Å². The Labute approximate surface area is 367 Å². The van der Waals surface area contributed by atoms with Gasteiger partial charge >= 0.3 is 12.1 Å². The van der Waals surface area contributed by atoms with E-state index in [1.54, 1.807) is 60.7 Å². The van der Waals surface area contributed by atoms with Crippen LogP contribution in [0.25, 0.3) is 10.8 Å². The monoisotopic (exact) mass is 867 g/mol. The summed E-state index contributed by atoms with van der Waals surface area (Å²) in [6.45, 7) is 1.41. The van der Waals surface area contributed by atoms with Gasteiger partial charge in [0.25, 0.3) is 0 Å². The number of hydrogen-bond donors (Lipinski definition) is 9. The van der Waals surface area contributed by atoms with Gasteiger partial charge in [0.2, 0.25) is 17.7 Å². The Hall–Kier alpha value is -6.56. The molecule has 0 spiro atoms. The van der Waals surface area contributed by atoms with Gasteiger partial charge in [-0.3, -0.25) is 19.8 Å². The molecule has 0 fully saturated rings. The fourth-order valence-electron chi connectivity index (χ4n) is 6.51. The minimum absolute atomic E-state index is 0.0140. The van der Waals surface area contributed by atoms with Crippen molar-refractivity contribution in [1.82, 2.24) is 21.3 Å². The minimum atomic E-state index is -1.02. The van der Waals surface area contributed by atoms with Gasteiger partial charge in [-0.25, -0.2) is 9.59 Å². The largest absolute Gasteiger partial charge is 0.492 e. The number of esters is 1. The van der Waals surface area contributed by atoms with Crippen LogP contribution >= 0.6 is 0 Å². The molecule has 0 radical (unpaired) electrons. The van der Waals surface area contributed by atoms with Crippen molar-refractivity contribution >= 4 is 46.4 Å². The third-order valence-electron chi connectivity index (χ3n) is 10.0. The lowest BCUT2D eigenvalue weighted by Gasteiger charge is -2.25. The highest BCUT2D eigenvalue weighted by Crippen LogP contribution is 2.23. The highest BCUT2D eigenvalue weighted by molar-refractivity contribution is 5.99. The maximum atomic E-state index is 13.8. The summed E-state index contributed by atoms with van der Waals surface area (Å²) in [7, 11) is 0. The van der Waals surface area contributed by atoms with Crippen LogP contribution in [0.5, 0.6) is 11.5 Å². The minimum Gasteiger partial charge on any atom is -0.492 e. The van der Waals surface area contributed by atoms with E-state index in [-0.39, 0.29) is 38.4 Å². The number of unbranched alkanes of at least 4 members (excludes halogenated alkanes) is 3. The molecule has 338 valence electrons. The Kier molecular flexibility index (Phi) is 20.8. The van der Waals surface area contributed by atoms with Gasteiger partial charge in [0.15, 0.2) is 0 Å². The van der Waals surface area contributed by atoms with Crippen LogP contribution in [0.1, 0.15) is 79.3 Å². The van der Waals surface area contributed by atoms with Crippen LogP contribution in [-0.4, -0.2) is 86.5 Å². The number of hydrogen-bond acceptors (Lipinski definition) is 12. The second-order valence-electron chi connectivity index (χ2n) is 14.9. The second-order valence-corrected chi connectivity index (χ2v) is 14.9. The predicted octanol–water partition coefficient (Wildman–Crippen LogP) is 3.49. The van der Waals surface area contributed by atoms with E-state index >= 15 is 0 Å². The SMILES string of the molecule is N=C(N)c1ccc2cc(OC(=O)c3ccc(OCCNC(=O)[C@H](CCCCN)NC(=O)[C@H](CCCCN)NC(=O)[C@H](CCCCN)NC(=O)OCc4ccccc4)cc3)ccc2c1. The van der Waals surface area contributed by atoms with Crippen LogP contribution in [0.15, 0.2) is 91.0 Å².